The number of carbonyl (C=O) groups excluding carboxylic acids is 4. The van der Waals surface area contributed by atoms with Gasteiger partial charge in [-0.2, -0.15) is 0 Å². The van der Waals surface area contributed by atoms with E-state index in [9.17, 15) is 32.0 Å². The van der Waals surface area contributed by atoms with Gasteiger partial charge in [-0.3, -0.25) is 24.1 Å². The van der Waals surface area contributed by atoms with Crippen LogP contribution in [0.4, 0.5) is 9.18 Å². The number of fused-ring (bicyclic) bond motifs is 5. The molecular formula is C43H54FN5O8S. The van der Waals surface area contributed by atoms with Gasteiger partial charge in [-0.25, -0.2) is 17.6 Å². The molecule has 1 aromatic heterocycles. The van der Waals surface area contributed by atoms with Gasteiger partial charge in [0.2, 0.25) is 21.8 Å². The number of hydrogen-bond acceptors (Lipinski definition) is 9. The summed E-state index contributed by atoms with van der Waals surface area (Å²) in [7, 11) is -4.01. The first-order chi connectivity index (χ1) is 27.8. The number of aromatic nitrogens is 1. The molecule has 0 bridgehead atoms. The van der Waals surface area contributed by atoms with Gasteiger partial charge in [0.25, 0.3) is 5.91 Å². The van der Waals surface area contributed by atoms with Crippen molar-refractivity contribution >= 4 is 39.9 Å². The Hall–Kier alpha value is -4.27. The highest BCUT2D eigenvalue weighted by Crippen LogP contribution is 2.52. The van der Waals surface area contributed by atoms with E-state index in [2.05, 4.69) is 15.4 Å². The van der Waals surface area contributed by atoms with Crippen LogP contribution in [-0.4, -0.2) is 82.7 Å². The molecule has 5 atom stereocenters. The van der Waals surface area contributed by atoms with E-state index < -0.39 is 67.7 Å². The molecule has 15 heteroatoms. The molecule has 5 aliphatic carbocycles. The van der Waals surface area contributed by atoms with Crippen molar-refractivity contribution in [3.8, 4) is 5.75 Å². The van der Waals surface area contributed by atoms with Crippen molar-refractivity contribution in [1.29, 1.82) is 0 Å². The van der Waals surface area contributed by atoms with Gasteiger partial charge in [0.15, 0.2) is 0 Å². The number of alkyl carbamates (subject to hydrolysis) is 1. The standard InChI is InChI=1S/C43H54FN5O8S/c1-41(21-22-41)58(54,55)48-39(52)43-20-17-27(43)9-5-3-2-4-6-14-32(46-40(53)56-29-11-8-12-29)38(51)49-25-42(24-34(49)37(50)47-43)19-18-31-30-13-7-10-28(44)23-33(30)45-35(26-15-16-26)36(31)57-42/h5,7,9-10,13,26-27,29,32,34H,2-4,6,8,11-12,14-25H2,1H3,(H,46,53)(H,47,50)(H,48,52). The van der Waals surface area contributed by atoms with Crippen LogP contribution in [0.15, 0.2) is 30.1 Å². The Morgan fingerprint density at radius 2 is 1.84 bits per heavy atom. The predicted molar refractivity (Wildman–Crippen MR) is 212 cm³/mol. The molecule has 3 aliphatic heterocycles. The second kappa shape index (κ2) is 14.8. The van der Waals surface area contributed by atoms with Gasteiger partial charge >= 0.3 is 6.09 Å². The van der Waals surface area contributed by atoms with Gasteiger partial charge in [-0.1, -0.05) is 37.1 Å². The van der Waals surface area contributed by atoms with E-state index >= 15 is 0 Å². The van der Waals surface area contributed by atoms with Crippen LogP contribution in [-0.2, 0) is 42.0 Å². The third-order valence-corrected chi connectivity index (χ3v) is 16.2. The van der Waals surface area contributed by atoms with Crippen molar-refractivity contribution in [1.82, 2.24) is 25.2 Å². The van der Waals surface area contributed by atoms with Crippen molar-refractivity contribution in [3.63, 3.8) is 0 Å². The maximum absolute atomic E-state index is 14.9. The minimum absolute atomic E-state index is 0.0433. The van der Waals surface area contributed by atoms with Crippen molar-refractivity contribution < 1.29 is 41.5 Å². The van der Waals surface area contributed by atoms with Crippen molar-refractivity contribution in [2.24, 2.45) is 5.92 Å². The number of halogens is 1. The number of ether oxygens (including phenoxy) is 2. The van der Waals surface area contributed by atoms with E-state index in [1.807, 2.05) is 18.2 Å². The summed E-state index contributed by atoms with van der Waals surface area (Å²) < 4.78 is 55.4. The molecule has 13 nitrogen and oxygen atoms in total. The van der Waals surface area contributed by atoms with Crippen LogP contribution < -0.4 is 20.1 Å². The predicted octanol–water partition coefficient (Wildman–Crippen LogP) is 5.48. The minimum Gasteiger partial charge on any atom is -0.483 e. The Balaban J connectivity index is 1.06. The van der Waals surface area contributed by atoms with Crippen LogP contribution in [0.1, 0.15) is 138 Å². The smallest absolute Gasteiger partial charge is 0.408 e. The SMILES string of the molecule is CC1(S(=O)(=O)NC(=O)C23CCC2C=CCCCCCC(NC(=O)OC2CCC2)C(=O)N2CC4(CCc5c6c(nc(C7CC7)c5O4)CC(F)=CC=C6)CC2C(=O)N3)CC1. The van der Waals surface area contributed by atoms with Gasteiger partial charge < -0.3 is 25.0 Å². The first kappa shape index (κ1) is 39.2. The Bertz CT molecular complexity index is 2110. The molecule has 312 valence electrons. The third-order valence-electron chi connectivity index (χ3n) is 14.1. The van der Waals surface area contributed by atoms with Crippen molar-refractivity contribution in [3.05, 3.63) is 52.6 Å². The maximum atomic E-state index is 14.9. The molecule has 8 aliphatic rings. The Labute approximate surface area is 339 Å². The third kappa shape index (κ3) is 7.23. The minimum atomic E-state index is -4.01. The van der Waals surface area contributed by atoms with Crippen LogP contribution in [0.3, 0.4) is 0 Å². The summed E-state index contributed by atoms with van der Waals surface area (Å²) in [6.07, 6.45) is 18.6. The number of hydrogen-bond donors (Lipinski definition) is 3. The zero-order valence-electron chi connectivity index (χ0n) is 33.2. The largest absolute Gasteiger partial charge is 0.483 e. The number of rotatable bonds is 6. The molecular weight excluding hydrogens is 766 g/mol. The number of allylic oxidation sites excluding steroid dienone is 4. The summed E-state index contributed by atoms with van der Waals surface area (Å²) in [5.74, 6) is -1.72. The fraction of sp³-hybridized carbons (Fsp3) is 0.651. The lowest BCUT2D eigenvalue weighted by Crippen LogP contribution is -2.70. The number of amides is 4. The highest BCUT2D eigenvalue weighted by atomic mass is 32.2. The summed E-state index contributed by atoms with van der Waals surface area (Å²) in [5.41, 5.74) is 0.672. The zero-order valence-corrected chi connectivity index (χ0v) is 34.0. The summed E-state index contributed by atoms with van der Waals surface area (Å²) in [4.78, 5) is 63.7. The summed E-state index contributed by atoms with van der Waals surface area (Å²) in [6, 6.07) is -2.07. The quantitative estimate of drug-likeness (QED) is 0.315. The Morgan fingerprint density at radius 3 is 2.55 bits per heavy atom. The average molecular weight is 820 g/mol. The molecule has 0 aromatic carbocycles. The highest BCUT2D eigenvalue weighted by molar-refractivity contribution is 7.91. The van der Waals surface area contributed by atoms with E-state index in [1.54, 1.807) is 13.0 Å². The molecule has 0 radical (unpaired) electrons. The lowest BCUT2D eigenvalue weighted by molar-refractivity contribution is -0.144. The highest BCUT2D eigenvalue weighted by Gasteiger charge is 2.60. The van der Waals surface area contributed by atoms with Gasteiger partial charge in [0.05, 0.1) is 22.7 Å². The molecule has 4 saturated carbocycles. The maximum Gasteiger partial charge on any atom is 0.408 e. The molecule has 5 unspecified atom stereocenters. The molecule has 4 heterocycles. The monoisotopic (exact) mass is 819 g/mol. The lowest BCUT2D eigenvalue weighted by atomic mass is 9.65. The van der Waals surface area contributed by atoms with E-state index in [4.69, 9.17) is 14.5 Å². The zero-order chi connectivity index (χ0) is 40.5. The molecule has 1 spiro atoms. The van der Waals surface area contributed by atoms with Crippen molar-refractivity contribution in [2.45, 2.75) is 162 Å². The Morgan fingerprint density at radius 1 is 1.03 bits per heavy atom. The molecule has 9 rings (SSSR count). The van der Waals surface area contributed by atoms with Crippen LogP contribution in [0.5, 0.6) is 5.75 Å². The fourth-order valence-electron chi connectivity index (χ4n) is 9.55. The van der Waals surface area contributed by atoms with E-state index in [1.165, 1.54) is 11.0 Å². The molecule has 1 saturated heterocycles. The summed E-state index contributed by atoms with van der Waals surface area (Å²) in [5, 5.41) is 5.87. The number of pyridine rings is 1. The van der Waals surface area contributed by atoms with Crippen LogP contribution >= 0.6 is 0 Å². The second-order valence-electron chi connectivity index (χ2n) is 18.3. The van der Waals surface area contributed by atoms with Crippen LogP contribution in [0, 0.1) is 5.92 Å². The molecule has 4 amide bonds. The molecule has 3 N–H and O–H groups in total. The molecule has 5 fully saturated rings. The topological polar surface area (TPSA) is 173 Å². The van der Waals surface area contributed by atoms with Crippen LogP contribution in [0.2, 0.25) is 0 Å². The molecule has 1 aromatic rings. The van der Waals surface area contributed by atoms with Crippen LogP contribution in [0.25, 0.3) is 6.08 Å². The number of nitrogens with zero attached hydrogens (tertiary/aromatic N) is 2. The first-order valence-corrected chi connectivity index (χ1v) is 22.9. The Kier molecular flexibility index (Phi) is 9.99. The average Bonchev–Trinajstić information content (AvgIpc) is 4.10. The summed E-state index contributed by atoms with van der Waals surface area (Å²) in [6.45, 7) is 1.65. The number of nitrogens with one attached hydrogen (secondary N) is 3. The van der Waals surface area contributed by atoms with Gasteiger partial charge in [0.1, 0.15) is 40.9 Å². The first-order valence-electron chi connectivity index (χ1n) is 21.4. The van der Waals surface area contributed by atoms with E-state index in [0.29, 0.717) is 62.8 Å². The van der Waals surface area contributed by atoms with Gasteiger partial charge in [0, 0.05) is 35.8 Å². The molecule has 58 heavy (non-hydrogen) atoms. The fourth-order valence-corrected chi connectivity index (χ4v) is 10.9. The van der Waals surface area contributed by atoms with Crippen molar-refractivity contribution in [2.75, 3.05) is 6.54 Å². The number of sulfonamides is 1. The van der Waals surface area contributed by atoms with Gasteiger partial charge in [-0.05, 0) is 103 Å². The number of carbonyl (C=O) groups is 4. The van der Waals surface area contributed by atoms with Gasteiger partial charge in [-0.15, -0.1) is 0 Å². The lowest BCUT2D eigenvalue weighted by Gasteiger charge is -2.48. The van der Waals surface area contributed by atoms with E-state index in [-0.39, 0.29) is 43.7 Å². The summed E-state index contributed by atoms with van der Waals surface area (Å²) >= 11 is 0. The van der Waals surface area contributed by atoms with E-state index in [0.717, 1.165) is 61.8 Å². The second-order valence-corrected chi connectivity index (χ2v) is 20.5. The normalized spacial score (nSPS) is 31.9.